The summed E-state index contributed by atoms with van der Waals surface area (Å²) in [5.41, 5.74) is 5.77. The largest absolute Gasteiger partial charge is 0.481 e. The van der Waals surface area contributed by atoms with E-state index in [0.29, 0.717) is 0 Å². The van der Waals surface area contributed by atoms with Crippen molar-refractivity contribution in [1.29, 1.82) is 0 Å². The number of nitrogens with one attached hydrogen (secondary N) is 1. The molecule has 3 atom stereocenters. The Morgan fingerprint density at radius 2 is 2.20 bits per heavy atom. The first-order valence-corrected chi connectivity index (χ1v) is 5.28. The van der Waals surface area contributed by atoms with Gasteiger partial charge in [-0.1, -0.05) is 13.3 Å². The number of hydrogen-bond donors (Lipinski definition) is 3. The fraction of sp³-hybridized carbons (Fsp3) is 0.800. The Labute approximate surface area is 89.0 Å². The summed E-state index contributed by atoms with van der Waals surface area (Å²) in [7, 11) is 0. The Bertz CT molecular complexity index is 255. The van der Waals surface area contributed by atoms with Crippen molar-refractivity contribution in [2.24, 2.45) is 17.6 Å². The van der Waals surface area contributed by atoms with Crippen LogP contribution in [-0.2, 0) is 9.59 Å². The van der Waals surface area contributed by atoms with Crippen LogP contribution in [0, 0.1) is 11.8 Å². The molecule has 0 radical (unpaired) electrons. The molecule has 0 bridgehead atoms. The smallest absolute Gasteiger partial charge is 0.308 e. The molecule has 3 unspecified atom stereocenters. The summed E-state index contributed by atoms with van der Waals surface area (Å²) in [4.78, 5) is 22.1. The zero-order chi connectivity index (χ0) is 11.4. The summed E-state index contributed by atoms with van der Waals surface area (Å²) >= 11 is 0. The summed E-state index contributed by atoms with van der Waals surface area (Å²) in [5.74, 6) is -1.68. The molecule has 86 valence electrons. The molecule has 0 aromatic rings. The Morgan fingerprint density at radius 3 is 2.67 bits per heavy atom. The van der Waals surface area contributed by atoms with Crippen LogP contribution in [0.4, 0.5) is 0 Å². The molecule has 5 heteroatoms. The quantitative estimate of drug-likeness (QED) is 0.611. The summed E-state index contributed by atoms with van der Waals surface area (Å²) in [6.07, 6.45) is 2.68. The van der Waals surface area contributed by atoms with E-state index in [1.54, 1.807) is 6.92 Å². The third kappa shape index (κ3) is 3.20. The van der Waals surface area contributed by atoms with Crippen LogP contribution in [0.1, 0.15) is 26.2 Å². The summed E-state index contributed by atoms with van der Waals surface area (Å²) in [6, 6.07) is -0.0647. The van der Waals surface area contributed by atoms with E-state index in [9.17, 15) is 9.59 Å². The molecule has 1 fully saturated rings. The molecule has 1 aliphatic rings. The van der Waals surface area contributed by atoms with Crippen LogP contribution in [0.5, 0.6) is 0 Å². The number of carbonyl (C=O) groups is 2. The predicted octanol–water partition coefficient (Wildman–Crippen LogP) is -0.0493. The van der Waals surface area contributed by atoms with Gasteiger partial charge < -0.3 is 16.2 Å². The number of rotatable bonds is 4. The molecule has 0 saturated heterocycles. The van der Waals surface area contributed by atoms with Crippen LogP contribution in [0.15, 0.2) is 0 Å². The number of amides is 1. The lowest BCUT2D eigenvalue weighted by molar-refractivity contribution is -0.141. The molecular formula is C10H18N2O3. The van der Waals surface area contributed by atoms with Crippen LogP contribution >= 0.6 is 0 Å². The van der Waals surface area contributed by atoms with Gasteiger partial charge in [-0.05, 0) is 12.8 Å². The van der Waals surface area contributed by atoms with Crippen molar-refractivity contribution in [3.05, 3.63) is 0 Å². The number of carbonyl (C=O) groups excluding carboxylic acids is 1. The molecule has 1 aliphatic carbocycles. The Balaban J connectivity index is 2.32. The van der Waals surface area contributed by atoms with E-state index >= 15 is 0 Å². The van der Waals surface area contributed by atoms with Crippen LogP contribution in [0.2, 0.25) is 0 Å². The van der Waals surface area contributed by atoms with Crippen molar-refractivity contribution in [2.45, 2.75) is 32.2 Å². The van der Waals surface area contributed by atoms with Crippen molar-refractivity contribution < 1.29 is 14.7 Å². The monoisotopic (exact) mass is 214 g/mol. The van der Waals surface area contributed by atoms with Crippen molar-refractivity contribution in [3.63, 3.8) is 0 Å². The molecule has 15 heavy (non-hydrogen) atoms. The highest BCUT2D eigenvalue weighted by Crippen LogP contribution is 2.23. The molecular weight excluding hydrogens is 196 g/mol. The molecule has 1 rings (SSSR count). The third-order valence-electron chi connectivity index (χ3n) is 2.91. The van der Waals surface area contributed by atoms with Gasteiger partial charge in [0.05, 0.1) is 11.8 Å². The first-order chi connectivity index (χ1) is 7.02. The molecule has 0 heterocycles. The van der Waals surface area contributed by atoms with Gasteiger partial charge in [-0.15, -0.1) is 0 Å². The minimum Gasteiger partial charge on any atom is -0.481 e. The van der Waals surface area contributed by atoms with Crippen LogP contribution in [0.3, 0.4) is 0 Å². The lowest BCUT2D eigenvalue weighted by Gasteiger charge is -2.16. The second-order valence-corrected chi connectivity index (χ2v) is 4.19. The van der Waals surface area contributed by atoms with Crippen molar-refractivity contribution in [3.8, 4) is 0 Å². The lowest BCUT2D eigenvalue weighted by Crippen LogP contribution is -2.41. The number of nitrogens with two attached hydrogens (primary N) is 1. The minimum atomic E-state index is -0.897. The lowest BCUT2D eigenvalue weighted by atomic mass is 10.0. The fourth-order valence-electron chi connectivity index (χ4n) is 1.79. The van der Waals surface area contributed by atoms with Gasteiger partial charge in [-0.3, -0.25) is 9.59 Å². The molecule has 0 aromatic heterocycles. The first-order valence-electron chi connectivity index (χ1n) is 5.28. The van der Waals surface area contributed by atoms with Gasteiger partial charge in [0.1, 0.15) is 0 Å². The average Bonchev–Trinajstić information content (AvgIpc) is 2.60. The van der Waals surface area contributed by atoms with Gasteiger partial charge in [0.15, 0.2) is 0 Å². The van der Waals surface area contributed by atoms with Crippen molar-refractivity contribution >= 4 is 11.9 Å². The van der Waals surface area contributed by atoms with Gasteiger partial charge in [-0.2, -0.15) is 0 Å². The van der Waals surface area contributed by atoms with Crippen LogP contribution in [0.25, 0.3) is 0 Å². The van der Waals surface area contributed by atoms with E-state index in [2.05, 4.69) is 5.32 Å². The number of carboxylic acid groups (broad SMARTS) is 1. The molecule has 1 amide bonds. The van der Waals surface area contributed by atoms with E-state index in [1.807, 2.05) is 0 Å². The fourth-order valence-corrected chi connectivity index (χ4v) is 1.79. The predicted molar refractivity (Wildman–Crippen MR) is 55.1 cm³/mol. The molecule has 0 spiro atoms. The molecule has 5 nitrogen and oxygen atoms in total. The highest BCUT2D eigenvalue weighted by atomic mass is 16.4. The normalized spacial score (nSPS) is 27.3. The highest BCUT2D eigenvalue weighted by molar-refractivity contribution is 5.80. The van der Waals surface area contributed by atoms with Gasteiger partial charge in [0.2, 0.25) is 5.91 Å². The Kier molecular flexibility index (Phi) is 4.08. The van der Waals surface area contributed by atoms with E-state index in [4.69, 9.17) is 10.8 Å². The average molecular weight is 214 g/mol. The number of hydrogen-bond acceptors (Lipinski definition) is 3. The maximum absolute atomic E-state index is 11.6. The number of aliphatic carboxylic acids is 1. The van der Waals surface area contributed by atoms with Gasteiger partial charge >= 0.3 is 5.97 Å². The topological polar surface area (TPSA) is 92.4 Å². The summed E-state index contributed by atoms with van der Waals surface area (Å²) in [6.45, 7) is 1.74. The van der Waals surface area contributed by atoms with E-state index in [-0.39, 0.29) is 24.4 Å². The molecule has 4 N–H and O–H groups in total. The van der Waals surface area contributed by atoms with Crippen LogP contribution < -0.4 is 11.1 Å². The highest BCUT2D eigenvalue weighted by Gasteiger charge is 2.30. The second kappa shape index (κ2) is 5.11. The number of carboxylic acids is 1. The zero-order valence-corrected chi connectivity index (χ0v) is 8.90. The SMILES string of the molecule is CC(CNC(=O)C1CCCC1N)C(=O)O. The molecule has 0 aromatic carbocycles. The van der Waals surface area contributed by atoms with Crippen molar-refractivity contribution in [2.75, 3.05) is 6.54 Å². The first kappa shape index (κ1) is 12.0. The third-order valence-corrected chi connectivity index (χ3v) is 2.91. The maximum atomic E-state index is 11.6. The summed E-state index contributed by atoms with van der Waals surface area (Å²) in [5, 5.41) is 11.3. The summed E-state index contributed by atoms with van der Waals surface area (Å²) < 4.78 is 0. The van der Waals surface area contributed by atoms with E-state index in [1.165, 1.54) is 0 Å². The standard InChI is InChI=1S/C10H18N2O3/c1-6(10(14)15)5-12-9(13)7-3-2-4-8(7)11/h6-8H,2-5,11H2,1H3,(H,12,13)(H,14,15). The molecule has 1 saturated carbocycles. The Morgan fingerprint density at radius 1 is 1.53 bits per heavy atom. The van der Waals surface area contributed by atoms with Crippen molar-refractivity contribution in [1.82, 2.24) is 5.32 Å². The molecule has 0 aliphatic heterocycles. The Hall–Kier alpha value is -1.10. The minimum absolute atomic E-state index is 0.0647. The van der Waals surface area contributed by atoms with Gasteiger partial charge in [-0.25, -0.2) is 0 Å². The van der Waals surface area contributed by atoms with Gasteiger partial charge in [0, 0.05) is 12.6 Å². The van der Waals surface area contributed by atoms with Crippen LogP contribution in [-0.4, -0.2) is 29.6 Å². The zero-order valence-electron chi connectivity index (χ0n) is 8.90. The maximum Gasteiger partial charge on any atom is 0.308 e. The second-order valence-electron chi connectivity index (χ2n) is 4.19. The van der Waals surface area contributed by atoms with E-state index in [0.717, 1.165) is 19.3 Å². The van der Waals surface area contributed by atoms with E-state index < -0.39 is 11.9 Å². The van der Waals surface area contributed by atoms with Gasteiger partial charge in [0.25, 0.3) is 0 Å².